The molecule has 0 aliphatic heterocycles. The van der Waals surface area contributed by atoms with Gasteiger partial charge in [0, 0.05) is 24.8 Å². The summed E-state index contributed by atoms with van der Waals surface area (Å²) >= 11 is 0. The molecule has 0 fully saturated rings. The number of carbonyl (C=O) groups excluding carboxylic acids is 2. The Morgan fingerprint density at radius 3 is 1.75 bits per heavy atom. The average Bonchev–Trinajstić information content (AvgIpc) is 2.84. The number of rotatable bonds is 10. The number of hydrogen-bond donors (Lipinski definition) is 2. The van der Waals surface area contributed by atoms with Gasteiger partial charge < -0.3 is 20.1 Å². The highest BCUT2D eigenvalue weighted by Crippen LogP contribution is 2.12. The molecule has 32 heavy (non-hydrogen) atoms. The van der Waals surface area contributed by atoms with Gasteiger partial charge in [-0.05, 0) is 60.4 Å². The van der Waals surface area contributed by atoms with E-state index >= 15 is 0 Å². The summed E-state index contributed by atoms with van der Waals surface area (Å²) in [6.07, 6.45) is 2.84. The number of nitrogens with one attached hydrogen (secondary N) is 2. The molecule has 0 aliphatic rings. The molecular formula is C25H27N3O4. The minimum Gasteiger partial charge on any atom is -0.497 e. The molecule has 166 valence electrons. The lowest BCUT2D eigenvalue weighted by molar-refractivity contribution is 0.0949. The molecule has 2 aromatic carbocycles. The predicted molar refractivity (Wildman–Crippen MR) is 122 cm³/mol. The Morgan fingerprint density at radius 1 is 0.750 bits per heavy atom. The third-order valence-electron chi connectivity index (χ3n) is 4.97. The number of nitrogens with zero attached hydrogens (tertiary/aromatic N) is 1. The van der Waals surface area contributed by atoms with Gasteiger partial charge in [-0.1, -0.05) is 24.3 Å². The Morgan fingerprint density at radius 2 is 1.25 bits per heavy atom. The summed E-state index contributed by atoms with van der Waals surface area (Å²) in [7, 11) is 3.25. The van der Waals surface area contributed by atoms with Crippen molar-refractivity contribution in [1.82, 2.24) is 15.6 Å². The smallest absolute Gasteiger partial charge is 0.269 e. The number of ether oxygens (including phenoxy) is 2. The Balaban J connectivity index is 1.47. The van der Waals surface area contributed by atoms with Gasteiger partial charge in [-0.2, -0.15) is 0 Å². The highest BCUT2D eigenvalue weighted by Gasteiger charge is 2.11. The Labute approximate surface area is 187 Å². The first kappa shape index (κ1) is 22.8. The Kier molecular flexibility index (Phi) is 8.20. The van der Waals surface area contributed by atoms with Crippen molar-refractivity contribution in [3.05, 3.63) is 89.2 Å². The third-order valence-corrected chi connectivity index (χ3v) is 4.97. The van der Waals surface area contributed by atoms with Crippen LogP contribution in [0, 0.1) is 0 Å². The predicted octanol–water partition coefficient (Wildman–Crippen LogP) is 3.04. The molecule has 2 N–H and O–H groups in total. The van der Waals surface area contributed by atoms with E-state index < -0.39 is 0 Å². The van der Waals surface area contributed by atoms with Crippen molar-refractivity contribution in [2.75, 3.05) is 27.3 Å². The molecule has 3 rings (SSSR count). The zero-order chi connectivity index (χ0) is 22.8. The SMILES string of the molecule is COc1ccc(CCNC(=O)c2ccnc(C(=O)NCCc3ccc(OC)cc3)c2)cc1. The van der Waals surface area contributed by atoms with Crippen molar-refractivity contribution >= 4 is 11.8 Å². The van der Waals surface area contributed by atoms with Crippen molar-refractivity contribution < 1.29 is 19.1 Å². The van der Waals surface area contributed by atoms with Crippen LogP contribution in [0.3, 0.4) is 0 Å². The topological polar surface area (TPSA) is 89.5 Å². The second-order valence-electron chi connectivity index (χ2n) is 7.14. The quantitative estimate of drug-likeness (QED) is 0.513. The number of carbonyl (C=O) groups is 2. The monoisotopic (exact) mass is 433 g/mol. The van der Waals surface area contributed by atoms with Crippen LogP contribution in [0.4, 0.5) is 0 Å². The molecule has 0 saturated carbocycles. The molecule has 0 saturated heterocycles. The normalized spacial score (nSPS) is 10.3. The molecule has 0 aliphatic carbocycles. The zero-order valence-electron chi connectivity index (χ0n) is 18.3. The largest absolute Gasteiger partial charge is 0.497 e. The van der Waals surface area contributed by atoms with Crippen LogP contribution < -0.4 is 20.1 Å². The molecule has 0 spiro atoms. The van der Waals surface area contributed by atoms with E-state index in [0.29, 0.717) is 31.5 Å². The lowest BCUT2D eigenvalue weighted by Gasteiger charge is -2.08. The summed E-state index contributed by atoms with van der Waals surface area (Å²) in [6, 6.07) is 18.5. The number of methoxy groups -OCH3 is 2. The first-order valence-electron chi connectivity index (χ1n) is 10.4. The number of aromatic nitrogens is 1. The van der Waals surface area contributed by atoms with Gasteiger partial charge in [0.15, 0.2) is 0 Å². The van der Waals surface area contributed by atoms with Gasteiger partial charge in [0.25, 0.3) is 11.8 Å². The molecule has 1 heterocycles. The molecular weight excluding hydrogens is 406 g/mol. The van der Waals surface area contributed by atoms with Gasteiger partial charge in [-0.25, -0.2) is 0 Å². The van der Waals surface area contributed by atoms with Gasteiger partial charge in [0.1, 0.15) is 17.2 Å². The van der Waals surface area contributed by atoms with Crippen LogP contribution in [-0.4, -0.2) is 44.1 Å². The van der Waals surface area contributed by atoms with E-state index in [9.17, 15) is 9.59 Å². The summed E-state index contributed by atoms with van der Waals surface area (Å²) in [4.78, 5) is 29.0. The van der Waals surface area contributed by atoms with Crippen LogP contribution in [0.25, 0.3) is 0 Å². The van der Waals surface area contributed by atoms with Crippen LogP contribution in [-0.2, 0) is 12.8 Å². The number of benzene rings is 2. The number of pyridine rings is 1. The molecule has 2 amide bonds. The number of amides is 2. The number of hydrogen-bond acceptors (Lipinski definition) is 5. The highest BCUT2D eigenvalue weighted by atomic mass is 16.5. The second kappa shape index (κ2) is 11.5. The van der Waals surface area contributed by atoms with Gasteiger partial charge in [0.2, 0.25) is 0 Å². The maximum absolute atomic E-state index is 12.5. The van der Waals surface area contributed by atoms with E-state index in [1.165, 1.54) is 12.3 Å². The lowest BCUT2D eigenvalue weighted by atomic mass is 10.1. The van der Waals surface area contributed by atoms with E-state index in [0.717, 1.165) is 22.6 Å². The molecule has 7 heteroatoms. The van der Waals surface area contributed by atoms with Gasteiger partial charge in [-0.3, -0.25) is 14.6 Å². The lowest BCUT2D eigenvalue weighted by Crippen LogP contribution is -2.28. The summed E-state index contributed by atoms with van der Waals surface area (Å²) in [6.45, 7) is 0.946. The van der Waals surface area contributed by atoms with E-state index in [1.54, 1.807) is 20.3 Å². The van der Waals surface area contributed by atoms with Crippen LogP contribution >= 0.6 is 0 Å². The first-order chi connectivity index (χ1) is 15.6. The standard InChI is InChI=1S/C25H27N3O4/c1-31-21-7-3-18(4-8-21)11-14-27-24(29)20-13-16-26-23(17-20)25(30)28-15-12-19-5-9-22(32-2)10-6-19/h3-10,13,16-17H,11-12,14-15H2,1-2H3,(H,27,29)(H,28,30). The van der Waals surface area contributed by atoms with Gasteiger partial charge in [0.05, 0.1) is 14.2 Å². The molecule has 1 aromatic heterocycles. The fraction of sp³-hybridized carbons (Fsp3) is 0.240. The second-order valence-corrected chi connectivity index (χ2v) is 7.14. The van der Waals surface area contributed by atoms with Crippen molar-refractivity contribution in [3.8, 4) is 11.5 Å². The van der Waals surface area contributed by atoms with Crippen LogP contribution in [0.15, 0.2) is 66.9 Å². The minimum absolute atomic E-state index is 0.211. The minimum atomic E-state index is -0.314. The fourth-order valence-electron chi connectivity index (χ4n) is 3.11. The van der Waals surface area contributed by atoms with E-state index in [4.69, 9.17) is 9.47 Å². The van der Waals surface area contributed by atoms with E-state index in [-0.39, 0.29) is 17.5 Å². The third kappa shape index (κ3) is 6.57. The summed E-state index contributed by atoms with van der Waals surface area (Å²) < 4.78 is 10.3. The molecule has 0 bridgehead atoms. The van der Waals surface area contributed by atoms with E-state index in [1.807, 2.05) is 48.5 Å². The summed E-state index contributed by atoms with van der Waals surface area (Å²) in [5.41, 5.74) is 2.79. The van der Waals surface area contributed by atoms with Gasteiger partial charge in [-0.15, -0.1) is 0 Å². The average molecular weight is 434 g/mol. The van der Waals surface area contributed by atoms with Crippen molar-refractivity contribution in [2.24, 2.45) is 0 Å². The Hall–Kier alpha value is -3.87. The molecule has 7 nitrogen and oxygen atoms in total. The van der Waals surface area contributed by atoms with Crippen LogP contribution in [0.2, 0.25) is 0 Å². The molecule has 0 radical (unpaired) electrons. The molecule has 0 atom stereocenters. The Bertz CT molecular complexity index is 953. The van der Waals surface area contributed by atoms with Crippen molar-refractivity contribution in [1.29, 1.82) is 0 Å². The van der Waals surface area contributed by atoms with Crippen molar-refractivity contribution in [2.45, 2.75) is 12.8 Å². The summed E-state index contributed by atoms with van der Waals surface area (Å²) in [5, 5.41) is 5.72. The summed E-state index contributed by atoms with van der Waals surface area (Å²) in [5.74, 6) is 1.03. The van der Waals surface area contributed by atoms with Crippen molar-refractivity contribution in [3.63, 3.8) is 0 Å². The fourth-order valence-corrected chi connectivity index (χ4v) is 3.11. The maximum atomic E-state index is 12.5. The first-order valence-corrected chi connectivity index (χ1v) is 10.4. The van der Waals surface area contributed by atoms with Crippen LogP contribution in [0.5, 0.6) is 11.5 Å². The highest BCUT2D eigenvalue weighted by molar-refractivity contribution is 5.98. The zero-order valence-corrected chi connectivity index (χ0v) is 18.3. The molecule has 0 unspecified atom stereocenters. The van der Waals surface area contributed by atoms with Crippen LogP contribution in [0.1, 0.15) is 32.0 Å². The maximum Gasteiger partial charge on any atom is 0.269 e. The molecule has 3 aromatic rings. The van der Waals surface area contributed by atoms with Gasteiger partial charge >= 0.3 is 0 Å². The van der Waals surface area contributed by atoms with E-state index in [2.05, 4.69) is 15.6 Å².